The summed E-state index contributed by atoms with van der Waals surface area (Å²) < 4.78 is 48.1. The van der Waals surface area contributed by atoms with E-state index in [-0.39, 0.29) is 23.2 Å². The van der Waals surface area contributed by atoms with Gasteiger partial charge in [0.1, 0.15) is 17.5 Å². The number of anilines is 1. The molecule has 9 heteroatoms. The number of para-hydroxylation sites is 1. The van der Waals surface area contributed by atoms with Gasteiger partial charge in [-0.1, -0.05) is 34.3 Å². The molecular weight excluding hydrogens is 371 g/mol. The van der Waals surface area contributed by atoms with Crippen LogP contribution in [0.3, 0.4) is 0 Å². The molecule has 3 aliphatic heterocycles. The zero-order chi connectivity index (χ0) is 17.8. The smallest absolute Gasteiger partial charge is 0.264 e. The Morgan fingerprint density at radius 1 is 1.36 bits per heavy atom. The molecule has 0 aromatic heterocycles. The molecule has 1 atom stereocenters. The van der Waals surface area contributed by atoms with E-state index in [4.69, 9.17) is 20.5 Å². The van der Waals surface area contributed by atoms with Crippen molar-refractivity contribution >= 4 is 27.4 Å². The lowest BCUT2D eigenvalue weighted by Gasteiger charge is -2.39. The van der Waals surface area contributed by atoms with Crippen LogP contribution >= 0.6 is 11.6 Å². The number of benzene rings is 1. The maximum Gasteiger partial charge on any atom is 0.264 e. The number of hydrogen-bond acceptors (Lipinski definition) is 6. The van der Waals surface area contributed by atoms with Crippen molar-refractivity contribution in [2.45, 2.75) is 12.6 Å². The Morgan fingerprint density at radius 2 is 2.12 bits per heavy atom. The predicted molar refractivity (Wildman–Crippen MR) is 90.3 cm³/mol. The highest BCUT2D eigenvalue weighted by atomic mass is 35.5. The van der Waals surface area contributed by atoms with Gasteiger partial charge in [-0.05, 0) is 23.8 Å². The maximum absolute atomic E-state index is 14.6. The molecule has 0 saturated heterocycles. The Kier molecular flexibility index (Phi) is 3.78. The fraction of sp³-hybridized carbons (Fsp3) is 0.250. The lowest BCUT2D eigenvalue weighted by atomic mass is 10.1. The molecular formula is C16H14ClFN2O4S. The topological polar surface area (TPSA) is 59.1 Å². The number of fused-ring (bicyclic) bond motifs is 4. The van der Waals surface area contributed by atoms with E-state index in [1.165, 1.54) is 6.08 Å². The Hall–Kier alpha value is -2.03. The second-order valence-corrected chi connectivity index (χ2v) is 7.86. The van der Waals surface area contributed by atoms with E-state index in [2.05, 4.69) is 0 Å². The van der Waals surface area contributed by atoms with Crippen molar-refractivity contribution < 1.29 is 21.8 Å². The standard InChI is InChI=1S/C16H14ClFN2O4S/c1-25(21,22)23-9-15-19-11-5-3-2-4-10(11)8-12(19)16-13(24-15)6-7-14(17)20(16)18/h2-7,15H,8-9H2,1H3. The van der Waals surface area contributed by atoms with Gasteiger partial charge in [0.15, 0.2) is 5.76 Å². The lowest BCUT2D eigenvalue weighted by Crippen LogP contribution is -2.44. The van der Waals surface area contributed by atoms with Crippen LogP contribution in [0.15, 0.2) is 58.7 Å². The first kappa shape index (κ1) is 16.4. The van der Waals surface area contributed by atoms with Gasteiger partial charge >= 0.3 is 0 Å². The quantitative estimate of drug-likeness (QED) is 0.454. The van der Waals surface area contributed by atoms with E-state index < -0.39 is 16.3 Å². The Balaban J connectivity index is 1.81. The van der Waals surface area contributed by atoms with Crippen LogP contribution in [0.4, 0.5) is 10.2 Å². The van der Waals surface area contributed by atoms with Crippen LogP contribution in [0.1, 0.15) is 5.56 Å². The molecule has 0 bridgehead atoms. The van der Waals surface area contributed by atoms with Gasteiger partial charge in [0.05, 0.1) is 12.0 Å². The fourth-order valence-corrected chi connectivity index (χ4v) is 3.68. The number of nitrogens with zero attached hydrogens (tertiary/aromatic N) is 2. The SMILES string of the molecule is CS(=O)(=O)OCC1OC2=CC=C(Cl)N(F)C2=C2Cc3ccccc3N21. The fourth-order valence-electron chi connectivity index (χ4n) is 3.17. The number of hydrogen-bond donors (Lipinski definition) is 0. The molecule has 3 aliphatic rings. The summed E-state index contributed by atoms with van der Waals surface area (Å²) >= 11 is 5.90. The van der Waals surface area contributed by atoms with Gasteiger partial charge in [-0.3, -0.25) is 4.18 Å². The van der Waals surface area contributed by atoms with Crippen molar-refractivity contribution in [1.82, 2.24) is 5.12 Å². The first-order chi connectivity index (χ1) is 11.8. The summed E-state index contributed by atoms with van der Waals surface area (Å²) in [6, 6.07) is 7.55. The molecule has 4 rings (SSSR count). The van der Waals surface area contributed by atoms with Crippen molar-refractivity contribution in [2.24, 2.45) is 0 Å². The Bertz CT molecular complexity index is 941. The van der Waals surface area contributed by atoms with Crippen molar-refractivity contribution in [1.29, 1.82) is 0 Å². The van der Waals surface area contributed by atoms with E-state index in [9.17, 15) is 12.9 Å². The van der Waals surface area contributed by atoms with E-state index >= 15 is 0 Å². The first-order valence-electron chi connectivity index (χ1n) is 7.50. The van der Waals surface area contributed by atoms with Crippen LogP contribution in [-0.4, -0.2) is 32.6 Å². The molecule has 0 fully saturated rings. The predicted octanol–water partition coefficient (Wildman–Crippen LogP) is 2.76. The van der Waals surface area contributed by atoms with Gasteiger partial charge in [0.2, 0.25) is 6.23 Å². The molecule has 0 radical (unpaired) electrons. The summed E-state index contributed by atoms with van der Waals surface area (Å²) in [7, 11) is -3.64. The molecule has 132 valence electrons. The zero-order valence-corrected chi connectivity index (χ0v) is 14.7. The monoisotopic (exact) mass is 384 g/mol. The molecule has 25 heavy (non-hydrogen) atoms. The minimum Gasteiger partial charge on any atom is -0.465 e. The van der Waals surface area contributed by atoms with Crippen LogP contribution in [0, 0.1) is 0 Å². The van der Waals surface area contributed by atoms with E-state index in [1.807, 2.05) is 24.3 Å². The summed E-state index contributed by atoms with van der Waals surface area (Å²) in [6.07, 6.45) is 3.66. The molecule has 1 aromatic rings. The lowest BCUT2D eigenvalue weighted by molar-refractivity contribution is 0.0376. The second-order valence-electron chi connectivity index (χ2n) is 5.83. The highest BCUT2D eigenvalue weighted by Gasteiger charge is 2.42. The number of allylic oxidation sites excluding steroid dienone is 3. The normalized spacial score (nSPS) is 22.0. The summed E-state index contributed by atoms with van der Waals surface area (Å²) in [4.78, 5) is 1.76. The van der Waals surface area contributed by atoms with Crippen LogP contribution in [-0.2, 0) is 25.5 Å². The van der Waals surface area contributed by atoms with Gasteiger partial charge in [-0.25, -0.2) is 0 Å². The maximum atomic E-state index is 14.6. The molecule has 3 heterocycles. The summed E-state index contributed by atoms with van der Waals surface area (Å²) in [5.41, 5.74) is 2.68. The van der Waals surface area contributed by atoms with Crippen molar-refractivity contribution in [2.75, 3.05) is 17.8 Å². The molecule has 6 nitrogen and oxygen atoms in total. The molecule has 1 unspecified atom stereocenters. The third kappa shape index (κ3) is 2.80. The minimum atomic E-state index is -3.64. The van der Waals surface area contributed by atoms with Crippen molar-refractivity contribution in [3.63, 3.8) is 0 Å². The third-order valence-electron chi connectivity index (χ3n) is 4.14. The number of rotatable bonds is 3. The van der Waals surface area contributed by atoms with Crippen molar-refractivity contribution in [3.8, 4) is 0 Å². The van der Waals surface area contributed by atoms with Crippen molar-refractivity contribution in [3.05, 3.63) is 64.3 Å². The van der Waals surface area contributed by atoms with E-state index in [0.717, 1.165) is 17.5 Å². The summed E-state index contributed by atoms with van der Waals surface area (Å²) in [5.74, 6) is 0.285. The van der Waals surface area contributed by atoms with Crippen LogP contribution in [0.5, 0.6) is 0 Å². The van der Waals surface area contributed by atoms with Gasteiger partial charge in [-0.15, -0.1) is 0 Å². The highest BCUT2D eigenvalue weighted by Crippen LogP contribution is 2.45. The van der Waals surface area contributed by atoms with Gasteiger partial charge in [0, 0.05) is 12.1 Å². The van der Waals surface area contributed by atoms with Gasteiger partial charge in [-0.2, -0.15) is 13.5 Å². The average molecular weight is 385 g/mol. The summed E-state index contributed by atoms with van der Waals surface area (Å²) in [6.45, 7) is -0.217. The van der Waals surface area contributed by atoms with E-state index in [0.29, 0.717) is 17.2 Å². The van der Waals surface area contributed by atoms with Crippen LogP contribution < -0.4 is 4.90 Å². The van der Waals surface area contributed by atoms with Gasteiger partial charge in [0.25, 0.3) is 10.1 Å². The minimum absolute atomic E-state index is 0.0726. The molecule has 0 saturated carbocycles. The Morgan fingerprint density at radius 3 is 2.88 bits per heavy atom. The second kappa shape index (κ2) is 5.76. The molecule has 0 N–H and O–H groups in total. The number of halogens is 2. The zero-order valence-electron chi connectivity index (χ0n) is 13.1. The molecule has 0 spiro atoms. The van der Waals surface area contributed by atoms with E-state index in [1.54, 1.807) is 11.0 Å². The summed E-state index contributed by atoms with van der Waals surface area (Å²) in [5, 5.41) is 0.301. The van der Waals surface area contributed by atoms with Gasteiger partial charge < -0.3 is 9.64 Å². The molecule has 0 aliphatic carbocycles. The molecule has 0 amide bonds. The third-order valence-corrected chi connectivity index (χ3v) is 4.98. The highest BCUT2D eigenvalue weighted by molar-refractivity contribution is 7.85. The van der Waals surface area contributed by atoms with Crippen LogP contribution in [0.25, 0.3) is 0 Å². The first-order valence-corrected chi connectivity index (χ1v) is 9.70. The Labute approximate surface area is 149 Å². The molecule has 1 aromatic carbocycles. The number of ether oxygens (including phenoxy) is 1. The largest absolute Gasteiger partial charge is 0.465 e. The average Bonchev–Trinajstić information content (AvgIpc) is 2.94. The van der Waals surface area contributed by atoms with Crippen LogP contribution in [0.2, 0.25) is 0 Å².